The molecule has 0 fully saturated rings. The highest BCUT2D eigenvalue weighted by Gasteiger charge is 2.04. The van der Waals surface area contributed by atoms with Crippen LogP contribution in [0.2, 0.25) is 0 Å². The second-order valence-electron chi connectivity index (χ2n) is 4.42. The van der Waals surface area contributed by atoms with Gasteiger partial charge in [-0.3, -0.25) is 0 Å². The van der Waals surface area contributed by atoms with Gasteiger partial charge < -0.3 is 4.74 Å². The highest BCUT2D eigenvalue weighted by atomic mass is 16.5. The van der Waals surface area contributed by atoms with E-state index in [1.807, 2.05) is 26.0 Å². The van der Waals surface area contributed by atoms with E-state index in [4.69, 9.17) is 4.74 Å². The van der Waals surface area contributed by atoms with Gasteiger partial charge in [0.2, 0.25) is 0 Å². The standard InChI is InChI=1S/C15H15N3O2/c1-10-9-15(20-3)11(2)8-14(10)17-16-12-4-6-13(18-19)7-5-12/h4-9H,1-3H3. The molecule has 0 N–H and O–H groups in total. The lowest BCUT2D eigenvalue weighted by Crippen LogP contribution is -1.88. The number of nitrogens with zero attached hydrogens (tertiary/aromatic N) is 3. The van der Waals surface area contributed by atoms with E-state index in [1.165, 1.54) is 0 Å². The minimum Gasteiger partial charge on any atom is -0.496 e. The second-order valence-corrected chi connectivity index (χ2v) is 4.42. The number of methoxy groups -OCH3 is 1. The van der Waals surface area contributed by atoms with E-state index in [0.29, 0.717) is 11.4 Å². The molecule has 0 unspecified atom stereocenters. The molecule has 0 radical (unpaired) electrons. The van der Waals surface area contributed by atoms with Crippen LogP contribution in [0.25, 0.3) is 0 Å². The molecule has 0 spiro atoms. The predicted octanol–water partition coefficient (Wildman–Crippen LogP) is 5.13. The molecule has 0 saturated heterocycles. The van der Waals surface area contributed by atoms with Crippen LogP contribution in [0.4, 0.5) is 17.1 Å². The van der Waals surface area contributed by atoms with E-state index in [1.54, 1.807) is 31.4 Å². The Kier molecular flexibility index (Phi) is 4.20. The van der Waals surface area contributed by atoms with Crippen LogP contribution in [0.1, 0.15) is 11.1 Å². The Hall–Kier alpha value is -2.56. The summed E-state index contributed by atoms with van der Waals surface area (Å²) in [4.78, 5) is 10.3. The molecular weight excluding hydrogens is 254 g/mol. The zero-order chi connectivity index (χ0) is 14.5. The zero-order valence-electron chi connectivity index (χ0n) is 11.6. The fourth-order valence-corrected chi connectivity index (χ4v) is 1.79. The Bertz CT molecular complexity index is 649. The highest BCUT2D eigenvalue weighted by Crippen LogP contribution is 2.29. The fraction of sp³-hybridized carbons (Fsp3) is 0.200. The molecule has 0 heterocycles. The number of hydrogen-bond donors (Lipinski definition) is 0. The smallest absolute Gasteiger partial charge is 0.122 e. The molecule has 0 aliphatic heterocycles. The van der Waals surface area contributed by atoms with E-state index in [-0.39, 0.29) is 0 Å². The molecule has 0 saturated carbocycles. The number of nitroso groups, excluding NO2 is 1. The van der Waals surface area contributed by atoms with Crippen molar-refractivity contribution < 1.29 is 4.74 Å². The molecule has 0 amide bonds. The number of aryl methyl sites for hydroxylation is 2. The predicted molar refractivity (Wildman–Crippen MR) is 78.5 cm³/mol. The molecule has 20 heavy (non-hydrogen) atoms. The van der Waals surface area contributed by atoms with Crippen LogP contribution < -0.4 is 4.74 Å². The van der Waals surface area contributed by atoms with Crippen LogP contribution in [-0.4, -0.2) is 7.11 Å². The lowest BCUT2D eigenvalue weighted by Gasteiger charge is -2.07. The van der Waals surface area contributed by atoms with Gasteiger partial charge in [0.15, 0.2) is 0 Å². The van der Waals surface area contributed by atoms with Crippen molar-refractivity contribution in [2.45, 2.75) is 13.8 Å². The van der Waals surface area contributed by atoms with Crippen LogP contribution >= 0.6 is 0 Å². The molecule has 0 aliphatic rings. The molecule has 2 aromatic carbocycles. The van der Waals surface area contributed by atoms with Crippen LogP contribution in [0.15, 0.2) is 51.8 Å². The number of benzene rings is 2. The third-order valence-electron chi connectivity index (χ3n) is 2.94. The monoisotopic (exact) mass is 269 g/mol. The number of hydrogen-bond acceptors (Lipinski definition) is 5. The lowest BCUT2D eigenvalue weighted by molar-refractivity contribution is 0.411. The van der Waals surface area contributed by atoms with Gasteiger partial charge in [0.05, 0.1) is 18.5 Å². The minimum absolute atomic E-state index is 0.375. The van der Waals surface area contributed by atoms with E-state index in [0.717, 1.165) is 22.6 Å². The summed E-state index contributed by atoms with van der Waals surface area (Å²) in [5.41, 5.74) is 3.83. The summed E-state index contributed by atoms with van der Waals surface area (Å²) in [7, 11) is 1.64. The average Bonchev–Trinajstić information content (AvgIpc) is 2.48. The van der Waals surface area contributed by atoms with Gasteiger partial charge in [0.25, 0.3) is 0 Å². The first-order valence-corrected chi connectivity index (χ1v) is 6.14. The van der Waals surface area contributed by atoms with Crippen molar-refractivity contribution in [3.63, 3.8) is 0 Å². The molecule has 0 atom stereocenters. The molecule has 102 valence electrons. The SMILES string of the molecule is COc1cc(C)c(N=Nc2ccc(N=O)cc2)cc1C. The van der Waals surface area contributed by atoms with Gasteiger partial charge in [0, 0.05) is 0 Å². The molecular formula is C15H15N3O2. The normalized spacial score (nSPS) is 10.8. The Morgan fingerprint density at radius 3 is 2.15 bits per heavy atom. The first-order chi connectivity index (χ1) is 9.63. The maximum Gasteiger partial charge on any atom is 0.122 e. The largest absolute Gasteiger partial charge is 0.496 e. The first kappa shape index (κ1) is 13.9. The summed E-state index contributed by atoms with van der Waals surface area (Å²) in [6.45, 7) is 3.91. The second kappa shape index (κ2) is 6.06. The van der Waals surface area contributed by atoms with E-state index >= 15 is 0 Å². The summed E-state index contributed by atoms with van der Waals surface area (Å²) in [6.07, 6.45) is 0. The van der Waals surface area contributed by atoms with E-state index in [9.17, 15) is 4.91 Å². The van der Waals surface area contributed by atoms with Crippen molar-refractivity contribution in [1.82, 2.24) is 0 Å². The van der Waals surface area contributed by atoms with Crippen molar-refractivity contribution in [1.29, 1.82) is 0 Å². The Labute approximate surface area is 117 Å². The van der Waals surface area contributed by atoms with Crippen molar-refractivity contribution in [2.24, 2.45) is 15.4 Å². The van der Waals surface area contributed by atoms with Crippen LogP contribution in [0, 0.1) is 18.8 Å². The molecule has 2 rings (SSSR count). The maximum absolute atomic E-state index is 10.3. The molecule has 2 aromatic rings. The van der Waals surface area contributed by atoms with Crippen molar-refractivity contribution in [2.75, 3.05) is 7.11 Å². The van der Waals surface area contributed by atoms with Crippen molar-refractivity contribution in [3.05, 3.63) is 52.4 Å². The number of ether oxygens (including phenoxy) is 1. The Morgan fingerprint density at radius 2 is 1.55 bits per heavy atom. The van der Waals surface area contributed by atoms with Gasteiger partial charge >= 0.3 is 0 Å². The quantitative estimate of drug-likeness (QED) is 0.570. The van der Waals surface area contributed by atoms with Gasteiger partial charge in [-0.1, -0.05) is 0 Å². The van der Waals surface area contributed by atoms with Crippen LogP contribution in [0.3, 0.4) is 0 Å². The highest BCUT2D eigenvalue weighted by molar-refractivity contribution is 5.53. The zero-order valence-corrected chi connectivity index (χ0v) is 11.6. The third kappa shape index (κ3) is 3.06. The fourth-order valence-electron chi connectivity index (χ4n) is 1.79. The average molecular weight is 269 g/mol. The van der Waals surface area contributed by atoms with Gasteiger partial charge in [-0.05, 0) is 66.5 Å². The van der Waals surface area contributed by atoms with E-state index in [2.05, 4.69) is 15.4 Å². The summed E-state index contributed by atoms with van der Waals surface area (Å²) < 4.78 is 5.26. The molecule has 0 aromatic heterocycles. The van der Waals surface area contributed by atoms with Gasteiger partial charge in [0.1, 0.15) is 11.4 Å². The summed E-state index contributed by atoms with van der Waals surface area (Å²) >= 11 is 0. The Morgan fingerprint density at radius 1 is 0.900 bits per heavy atom. The van der Waals surface area contributed by atoms with Crippen molar-refractivity contribution in [3.8, 4) is 5.75 Å². The number of rotatable bonds is 4. The molecule has 0 bridgehead atoms. The van der Waals surface area contributed by atoms with E-state index < -0.39 is 0 Å². The Balaban J connectivity index is 2.26. The molecule has 0 aliphatic carbocycles. The topological polar surface area (TPSA) is 63.4 Å². The van der Waals surface area contributed by atoms with Crippen LogP contribution in [0.5, 0.6) is 5.75 Å². The maximum atomic E-state index is 10.3. The van der Waals surface area contributed by atoms with Crippen LogP contribution in [-0.2, 0) is 0 Å². The summed E-state index contributed by atoms with van der Waals surface area (Å²) in [5, 5.41) is 11.2. The minimum atomic E-state index is 0.375. The molecule has 5 heteroatoms. The molecule has 5 nitrogen and oxygen atoms in total. The number of azo groups is 1. The third-order valence-corrected chi connectivity index (χ3v) is 2.94. The first-order valence-electron chi connectivity index (χ1n) is 6.14. The van der Waals surface area contributed by atoms with Gasteiger partial charge in [-0.15, -0.1) is 4.91 Å². The summed E-state index contributed by atoms with van der Waals surface area (Å²) in [6, 6.07) is 10.5. The van der Waals surface area contributed by atoms with Gasteiger partial charge in [-0.25, -0.2) is 0 Å². The summed E-state index contributed by atoms with van der Waals surface area (Å²) in [5.74, 6) is 0.836. The van der Waals surface area contributed by atoms with Gasteiger partial charge in [-0.2, -0.15) is 10.2 Å². The van der Waals surface area contributed by atoms with Crippen molar-refractivity contribution >= 4 is 17.1 Å². The lowest BCUT2D eigenvalue weighted by atomic mass is 10.1.